The number of likely N-dealkylation sites (N-methyl/N-ethyl adjacent to an activating group) is 1. The van der Waals surface area contributed by atoms with Crippen molar-refractivity contribution in [3.05, 3.63) is 63.6 Å². The number of carbonyl (C=O) groups is 1. The Morgan fingerprint density at radius 1 is 1.21 bits per heavy atom. The Balaban J connectivity index is 2.16. The zero-order valence-electron chi connectivity index (χ0n) is 13.8. The van der Waals surface area contributed by atoms with Gasteiger partial charge in [0.15, 0.2) is 0 Å². The van der Waals surface area contributed by atoms with Crippen molar-refractivity contribution in [1.82, 2.24) is 10.2 Å². The minimum absolute atomic E-state index is 0.0313. The fourth-order valence-electron chi connectivity index (χ4n) is 2.47. The van der Waals surface area contributed by atoms with Crippen LogP contribution < -0.4 is 10.1 Å². The van der Waals surface area contributed by atoms with Gasteiger partial charge in [-0.2, -0.15) is 0 Å². The predicted molar refractivity (Wildman–Crippen MR) is 98.2 cm³/mol. The monoisotopic (exact) mass is 366 g/mol. The van der Waals surface area contributed by atoms with Crippen molar-refractivity contribution < 1.29 is 9.53 Å². The van der Waals surface area contributed by atoms with Crippen LogP contribution >= 0.6 is 23.2 Å². The van der Waals surface area contributed by atoms with E-state index in [1.54, 1.807) is 25.3 Å². The number of benzene rings is 2. The van der Waals surface area contributed by atoms with Gasteiger partial charge in [0, 0.05) is 17.1 Å². The highest BCUT2D eigenvalue weighted by Gasteiger charge is 2.20. The predicted octanol–water partition coefficient (Wildman–Crippen LogP) is 4.03. The van der Waals surface area contributed by atoms with E-state index >= 15 is 0 Å². The number of hydrogen-bond donors (Lipinski definition) is 1. The minimum atomic E-state index is -0.238. The minimum Gasteiger partial charge on any atom is -0.496 e. The molecule has 0 bridgehead atoms. The average Bonchev–Trinajstić information content (AvgIpc) is 2.55. The molecule has 0 fully saturated rings. The van der Waals surface area contributed by atoms with Crippen molar-refractivity contribution in [2.24, 2.45) is 0 Å². The fraction of sp³-hybridized carbons (Fsp3) is 0.278. The smallest absolute Gasteiger partial charge is 0.252 e. The summed E-state index contributed by atoms with van der Waals surface area (Å²) in [7, 11) is 5.55. The Kier molecular flexibility index (Phi) is 6.49. The standard InChI is InChI=1S/C18H20Cl2N2O2/c1-22(2)16(14-6-4-5-7-17(14)24-3)11-21-18(23)13-9-8-12(19)10-15(13)20/h4-10,16H,11H2,1-3H3,(H,21,23)/t16-/m0/s1. The maximum Gasteiger partial charge on any atom is 0.252 e. The first-order chi connectivity index (χ1) is 11.4. The molecular weight excluding hydrogens is 347 g/mol. The largest absolute Gasteiger partial charge is 0.496 e. The average molecular weight is 367 g/mol. The molecular formula is C18H20Cl2N2O2. The number of hydrogen-bond acceptors (Lipinski definition) is 3. The molecule has 6 heteroatoms. The number of ether oxygens (including phenoxy) is 1. The lowest BCUT2D eigenvalue weighted by molar-refractivity contribution is 0.0941. The van der Waals surface area contributed by atoms with Gasteiger partial charge < -0.3 is 15.0 Å². The summed E-state index contributed by atoms with van der Waals surface area (Å²) in [4.78, 5) is 14.4. The number of nitrogens with one attached hydrogen (secondary N) is 1. The zero-order valence-corrected chi connectivity index (χ0v) is 15.4. The maximum absolute atomic E-state index is 12.4. The molecule has 1 amide bonds. The lowest BCUT2D eigenvalue weighted by Crippen LogP contribution is -2.34. The van der Waals surface area contributed by atoms with E-state index in [-0.39, 0.29) is 11.9 Å². The van der Waals surface area contributed by atoms with Crippen molar-refractivity contribution in [3.63, 3.8) is 0 Å². The van der Waals surface area contributed by atoms with Crippen LogP contribution in [0, 0.1) is 0 Å². The Labute approximate surface area is 152 Å². The first-order valence-electron chi connectivity index (χ1n) is 7.46. The van der Waals surface area contributed by atoms with Crippen molar-refractivity contribution >= 4 is 29.1 Å². The Hall–Kier alpha value is -1.75. The van der Waals surface area contributed by atoms with Gasteiger partial charge in [-0.1, -0.05) is 41.4 Å². The van der Waals surface area contributed by atoms with E-state index in [9.17, 15) is 4.79 Å². The zero-order chi connectivity index (χ0) is 17.7. The first-order valence-corrected chi connectivity index (χ1v) is 8.22. The summed E-state index contributed by atoms with van der Waals surface area (Å²) in [6, 6.07) is 12.6. The number of para-hydroxylation sites is 1. The van der Waals surface area contributed by atoms with Gasteiger partial charge in [0.1, 0.15) is 5.75 Å². The van der Waals surface area contributed by atoms with E-state index in [0.29, 0.717) is 22.2 Å². The van der Waals surface area contributed by atoms with E-state index in [4.69, 9.17) is 27.9 Å². The summed E-state index contributed by atoms with van der Waals surface area (Å²) in [6.07, 6.45) is 0. The molecule has 0 aromatic heterocycles. The van der Waals surface area contributed by atoms with E-state index < -0.39 is 0 Å². The molecule has 0 aliphatic rings. The third kappa shape index (κ3) is 4.41. The first kappa shape index (κ1) is 18.6. The molecule has 0 heterocycles. The highest BCUT2D eigenvalue weighted by Crippen LogP contribution is 2.27. The third-order valence-electron chi connectivity index (χ3n) is 3.75. The highest BCUT2D eigenvalue weighted by molar-refractivity contribution is 6.36. The van der Waals surface area contributed by atoms with Gasteiger partial charge in [0.05, 0.1) is 23.7 Å². The Morgan fingerprint density at radius 3 is 2.54 bits per heavy atom. The van der Waals surface area contributed by atoms with Gasteiger partial charge in [-0.25, -0.2) is 0 Å². The number of methoxy groups -OCH3 is 1. The fourth-order valence-corrected chi connectivity index (χ4v) is 2.96. The van der Waals surface area contributed by atoms with Crippen LogP contribution in [0.3, 0.4) is 0 Å². The Morgan fingerprint density at radius 2 is 1.92 bits per heavy atom. The summed E-state index contributed by atoms with van der Waals surface area (Å²) in [6.45, 7) is 0.422. The van der Waals surface area contributed by atoms with Crippen LogP contribution in [-0.2, 0) is 0 Å². The van der Waals surface area contributed by atoms with Gasteiger partial charge in [-0.15, -0.1) is 0 Å². The van der Waals surface area contributed by atoms with Crippen LogP contribution in [0.1, 0.15) is 22.0 Å². The summed E-state index contributed by atoms with van der Waals surface area (Å²) in [5, 5.41) is 3.76. The van der Waals surface area contributed by atoms with Gasteiger partial charge in [0.25, 0.3) is 5.91 Å². The third-order valence-corrected chi connectivity index (χ3v) is 4.30. The normalized spacial score (nSPS) is 12.1. The molecule has 128 valence electrons. The summed E-state index contributed by atoms with van der Waals surface area (Å²) >= 11 is 12.0. The number of rotatable bonds is 6. The number of halogens is 2. The molecule has 2 aromatic rings. The van der Waals surface area contributed by atoms with Gasteiger partial charge in [0.2, 0.25) is 0 Å². The van der Waals surface area contributed by atoms with Crippen LogP contribution in [0.2, 0.25) is 10.0 Å². The SMILES string of the molecule is COc1ccccc1[C@H](CNC(=O)c1ccc(Cl)cc1Cl)N(C)C. The second-order valence-electron chi connectivity index (χ2n) is 5.56. The van der Waals surface area contributed by atoms with Crippen molar-refractivity contribution in [3.8, 4) is 5.75 Å². The van der Waals surface area contributed by atoms with Crippen LogP contribution in [0.25, 0.3) is 0 Å². The van der Waals surface area contributed by atoms with Gasteiger partial charge in [-0.05, 0) is 38.4 Å². The van der Waals surface area contributed by atoms with E-state index in [1.807, 2.05) is 43.3 Å². The molecule has 0 radical (unpaired) electrons. The molecule has 0 saturated heterocycles. The summed E-state index contributed by atoms with van der Waals surface area (Å²) in [5.74, 6) is 0.549. The molecule has 24 heavy (non-hydrogen) atoms. The highest BCUT2D eigenvalue weighted by atomic mass is 35.5. The summed E-state index contributed by atoms with van der Waals surface area (Å²) in [5.41, 5.74) is 1.41. The van der Waals surface area contributed by atoms with Crippen LogP contribution in [0.5, 0.6) is 5.75 Å². The number of amides is 1. The second kappa shape index (κ2) is 8.38. The molecule has 0 unspecified atom stereocenters. The molecule has 1 N–H and O–H groups in total. The van der Waals surface area contributed by atoms with Crippen molar-refractivity contribution in [1.29, 1.82) is 0 Å². The molecule has 1 atom stereocenters. The molecule has 0 aliphatic heterocycles. The maximum atomic E-state index is 12.4. The molecule has 0 aliphatic carbocycles. The Bertz CT molecular complexity index is 720. The van der Waals surface area contributed by atoms with E-state index in [0.717, 1.165) is 11.3 Å². The molecule has 0 saturated carbocycles. The number of nitrogens with zero attached hydrogens (tertiary/aromatic N) is 1. The lowest BCUT2D eigenvalue weighted by Gasteiger charge is -2.26. The van der Waals surface area contributed by atoms with Crippen LogP contribution in [0.4, 0.5) is 0 Å². The molecule has 2 rings (SSSR count). The van der Waals surface area contributed by atoms with Crippen LogP contribution in [0.15, 0.2) is 42.5 Å². The molecule has 2 aromatic carbocycles. The molecule has 4 nitrogen and oxygen atoms in total. The van der Waals surface area contributed by atoms with Crippen LogP contribution in [-0.4, -0.2) is 38.6 Å². The van der Waals surface area contributed by atoms with Crippen molar-refractivity contribution in [2.75, 3.05) is 27.7 Å². The van der Waals surface area contributed by atoms with Gasteiger partial charge in [-0.3, -0.25) is 4.79 Å². The molecule has 0 spiro atoms. The van der Waals surface area contributed by atoms with E-state index in [2.05, 4.69) is 5.32 Å². The second-order valence-corrected chi connectivity index (χ2v) is 6.40. The quantitative estimate of drug-likeness (QED) is 0.838. The summed E-state index contributed by atoms with van der Waals surface area (Å²) < 4.78 is 5.43. The van der Waals surface area contributed by atoms with E-state index in [1.165, 1.54) is 0 Å². The topological polar surface area (TPSA) is 41.6 Å². The lowest BCUT2D eigenvalue weighted by atomic mass is 10.0. The number of carbonyl (C=O) groups excluding carboxylic acids is 1. The van der Waals surface area contributed by atoms with Crippen molar-refractivity contribution in [2.45, 2.75) is 6.04 Å². The van der Waals surface area contributed by atoms with Gasteiger partial charge >= 0.3 is 0 Å².